The van der Waals surface area contributed by atoms with Crippen LogP contribution in [0.25, 0.3) is 11.3 Å². The summed E-state index contributed by atoms with van der Waals surface area (Å²) in [5, 5.41) is 12.0. The molecular weight excluding hydrogens is 330 g/mol. The van der Waals surface area contributed by atoms with Gasteiger partial charge in [-0.25, -0.2) is 4.79 Å². The van der Waals surface area contributed by atoms with Gasteiger partial charge in [-0.15, -0.1) is 0 Å². The maximum absolute atomic E-state index is 12.3. The fraction of sp³-hybridized carbons (Fsp3) is 0. The average Bonchev–Trinajstić information content (AvgIpc) is 3.07. The zero-order chi connectivity index (χ0) is 17.1. The van der Waals surface area contributed by atoms with Gasteiger partial charge < -0.3 is 14.8 Å². The largest absolute Gasteiger partial charge is 0.478 e. The summed E-state index contributed by atoms with van der Waals surface area (Å²) in [7, 11) is 0. The van der Waals surface area contributed by atoms with Crippen LogP contribution < -0.4 is 5.32 Å². The number of hydrogen-bond donors (Lipinski definition) is 2. The van der Waals surface area contributed by atoms with Crippen LogP contribution >= 0.6 is 11.6 Å². The van der Waals surface area contributed by atoms with Crippen molar-refractivity contribution in [1.82, 2.24) is 0 Å². The molecule has 0 atom stereocenters. The number of anilines is 1. The van der Waals surface area contributed by atoms with E-state index in [0.29, 0.717) is 5.76 Å². The SMILES string of the molecule is O=C(Nc1ccc(Cl)cc1C(=O)O)c1ccc(-c2ccccc2)o1. The normalized spacial score (nSPS) is 10.4. The fourth-order valence-corrected chi connectivity index (χ4v) is 2.38. The summed E-state index contributed by atoms with van der Waals surface area (Å²) in [4.78, 5) is 23.5. The van der Waals surface area contributed by atoms with Crippen LogP contribution in [0.3, 0.4) is 0 Å². The number of carbonyl (C=O) groups excluding carboxylic acids is 1. The molecule has 0 radical (unpaired) electrons. The van der Waals surface area contributed by atoms with Crippen molar-refractivity contribution in [3.05, 3.63) is 77.0 Å². The Hall–Kier alpha value is -3.05. The topological polar surface area (TPSA) is 79.5 Å². The first-order chi connectivity index (χ1) is 11.5. The van der Waals surface area contributed by atoms with Crippen LogP contribution in [0.4, 0.5) is 5.69 Å². The summed E-state index contributed by atoms with van der Waals surface area (Å²) in [6.45, 7) is 0. The van der Waals surface area contributed by atoms with Gasteiger partial charge in [0.1, 0.15) is 5.76 Å². The number of benzene rings is 2. The molecule has 24 heavy (non-hydrogen) atoms. The van der Waals surface area contributed by atoms with Crippen molar-refractivity contribution in [1.29, 1.82) is 0 Å². The molecule has 2 N–H and O–H groups in total. The smallest absolute Gasteiger partial charge is 0.337 e. The molecule has 120 valence electrons. The zero-order valence-electron chi connectivity index (χ0n) is 12.3. The molecule has 2 aromatic carbocycles. The van der Waals surface area contributed by atoms with Crippen LogP contribution in [0.1, 0.15) is 20.9 Å². The van der Waals surface area contributed by atoms with E-state index in [1.165, 1.54) is 24.3 Å². The number of rotatable bonds is 4. The maximum Gasteiger partial charge on any atom is 0.337 e. The Kier molecular flexibility index (Phi) is 4.35. The van der Waals surface area contributed by atoms with Gasteiger partial charge in [0.25, 0.3) is 5.91 Å². The zero-order valence-corrected chi connectivity index (χ0v) is 13.1. The molecule has 3 rings (SSSR count). The predicted octanol–water partition coefficient (Wildman–Crippen LogP) is 4.55. The molecule has 0 saturated heterocycles. The molecule has 6 heteroatoms. The molecule has 1 amide bonds. The highest BCUT2D eigenvalue weighted by Gasteiger charge is 2.17. The lowest BCUT2D eigenvalue weighted by atomic mass is 10.1. The predicted molar refractivity (Wildman–Crippen MR) is 90.5 cm³/mol. The highest BCUT2D eigenvalue weighted by molar-refractivity contribution is 6.31. The minimum atomic E-state index is -1.18. The number of carboxylic acids is 1. The standard InChI is InChI=1S/C18H12ClNO4/c19-12-6-7-14(13(10-12)18(22)23)20-17(21)16-9-8-15(24-16)11-4-2-1-3-5-11/h1-10H,(H,20,21)(H,22,23). The monoisotopic (exact) mass is 341 g/mol. The first kappa shape index (κ1) is 15.8. The van der Waals surface area contributed by atoms with Crippen LogP contribution in [0.15, 0.2) is 65.1 Å². The van der Waals surface area contributed by atoms with Gasteiger partial charge in [0.15, 0.2) is 5.76 Å². The second-order valence-corrected chi connectivity index (χ2v) is 5.42. The van der Waals surface area contributed by atoms with Crippen LogP contribution in [-0.2, 0) is 0 Å². The molecule has 0 fully saturated rings. The lowest BCUT2D eigenvalue weighted by Crippen LogP contribution is -2.14. The minimum absolute atomic E-state index is 0.0835. The number of furan rings is 1. The summed E-state index contributed by atoms with van der Waals surface area (Å²) >= 11 is 5.79. The van der Waals surface area contributed by atoms with Crippen molar-refractivity contribution in [2.24, 2.45) is 0 Å². The number of halogens is 1. The number of aromatic carboxylic acids is 1. The first-order valence-electron chi connectivity index (χ1n) is 7.04. The summed E-state index contributed by atoms with van der Waals surface area (Å²) in [5.74, 6) is -1.09. The van der Waals surface area contributed by atoms with Crippen molar-refractivity contribution in [3.8, 4) is 11.3 Å². The number of carbonyl (C=O) groups is 2. The Morgan fingerprint density at radius 1 is 1.00 bits per heavy atom. The Bertz CT molecular complexity index is 902. The second kappa shape index (κ2) is 6.60. The van der Waals surface area contributed by atoms with Crippen molar-refractivity contribution in [3.63, 3.8) is 0 Å². The lowest BCUT2D eigenvalue weighted by Gasteiger charge is -2.07. The van der Waals surface area contributed by atoms with Crippen LogP contribution in [0.2, 0.25) is 5.02 Å². The van der Waals surface area contributed by atoms with E-state index in [9.17, 15) is 14.7 Å². The maximum atomic E-state index is 12.3. The van der Waals surface area contributed by atoms with Crippen molar-refractivity contribution in [2.45, 2.75) is 0 Å². The highest BCUT2D eigenvalue weighted by atomic mass is 35.5. The summed E-state index contributed by atoms with van der Waals surface area (Å²) in [5.41, 5.74) is 0.898. The molecule has 0 unspecified atom stereocenters. The first-order valence-corrected chi connectivity index (χ1v) is 7.42. The number of amides is 1. The molecule has 1 aromatic heterocycles. The number of carboxylic acid groups (broad SMARTS) is 1. The van der Waals surface area contributed by atoms with Gasteiger partial charge in [0.05, 0.1) is 11.3 Å². The van der Waals surface area contributed by atoms with Gasteiger partial charge in [-0.2, -0.15) is 0 Å². The Morgan fingerprint density at radius 2 is 1.75 bits per heavy atom. The lowest BCUT2D eigenvalue weighted by molar-refractivity contribution is 0.0698. The highest BCUT2D eigenvalue weighted by Crippen LogP contribution is 2.24. The van der Waals surface area contributed by atoms with Crippen LogP contribution in [-0.4, -0.2) is 17.0 Å². The fourth-order valence-electron chi connectivity index (χ4n) is 2.20. The van der Waals surface area contributed by atoms with Gasteiger partial charge in [-0.1, -0.05) is 41.9 Å². The van der Waals surface area contributed by atoms with Gasteiger partial charge in [-0.05, 0) is 30.3 Å². The van der Waals surface area contributed by atoms with E-state index in [1.54, 1.807) is 6.07 Å². The van der Waals surface area contributed by atoms with E-state index in [4.69, 9.17) is 16.0 Å². The Balaban J connectivity index is 1.84. The van der Waals surface area contributed by atoms with E-state index in [-0.39, 0.29) is 22.0 Å². The van der Waals surface area contributed by atoms with Gasteiger partial charge >= 0.3 is 5.97 Å². The molecule has 0 saturated carbocycles. The number of hydrogen-bond acceptors (Lipinski definition) is 3. The molecule has 5 nitrogen and oxygen atoms in total. The van der Waals surface area contributed by atoms with Crippen molar-refractivity contribution in [2.75, 3.05) is 5.32 Å². The third-order valence-corrected chi connectivity index (χ3v) is 3.58. The molecular formula is C18H12ClNO4. The summed E-state index contributed by atoms with van der Waals surface area (Å²) in [6, 6.07) is 16.8. The molecule has 3 aromatic rings. The van der Waals surface area contributed by atoms with Crippen molar-refractivity contribution < 1.29 is 19.1 Å². The van der Waals surface area contributed by atoms with Crippen LogP contribution in [0.5, 0.6) is 0 Å². The molecule has 0 aliphatic rings. The van der Waals surface area contributed by atoms with E-state index in [1.807, 2.05) is 30.3 Å². The molecule has 0 aliphatic carbocycles. The van der Waals surface area contributed by atoms with E-state index in [2.05, 4.69) is 5.32 Å². The third kappa shape index (κ3) is 3.31. The second-order valence-electron chi connectivity index (χ2n) is 4.98. The Morgan fingerprint density at radius 3 is 2.46 bits per heavy atom. The van der Waals surface area contributed by atoms with Crippen molar-refractivity contribution >= 4 is 29.2 Å². The molecule has 0 aliphatic heterocycles. The van der Waals surface area contributed by atoms with E-state index >= 15 is 0 Å². The summed E-state index contributed by atoms with van der Waals surface area (Å²) < 4.78 is 5.54. The summed E-state index contributed by atoms with van der Waals surface area (Å²) in [6.07, 6.45) is 0. The average molecular weight is 342 g/mol. The van der Waals surface area contributed by atoms with Gasteiger partial charge in [-0.3, -0.25) is 4.79 Å². The molecule has 0 bridgehead atoms. The van der Waals surface area contributed by atoms with Crippen LogP contribution in [0, 0.1) is 0 Å². The van der Waals surface area contributed by atoms with Gasteiger partial charge in [0.2, 0.25) is 0 Å². The van der Waals surface area contributed by atoms with E-state index in [0.717, 1.165) is 5.56 Å². The molecule has 1 heterocycles. The molecule has 0 spiro atoms. The number of nitrogens with one attached hydrogen (secondary N) is 1. The van der Waals surface area contributed by atoms with E-state index < -0.39 is 11.9 Å². The van der Waals surface area contributed by atoms with Gasteiger partial charge in [0, 0.05) is 10.6 Å². The third-order valence-electron chi connectivity index (χ3n) is 3.35. The minimum Gasteiger partial charge on any atom is -0.478 e. The quantitative estimate of drug-likeness (QED) is 0.729. The Labute approximate surface area is 142 Å².